The van der Waals surface area contributed by atoms with Crippen molar-refractivity contribution in [2.45, 2.75) is 30.6 Å². The molecule has 20 heavy (non-hydrogen) atoms. The van der Waals surface area contributed by atoms with Crippen LogP contribution in [0.15, 0.2) is 45.9 Å². The maximum Gasteiger partial charge on any atom is 0.371 e. The van der Waals surface area contributed by atoms with Gasteiger partial charge in [-0.25, -0.2) is 4.79 Å². The standard InChI is InChI=1S/C15H16O4S/c1-10(2)12-5-3-11(4-6-12)9-20(18)14-8-7-13(19-14)15(16)17/h3-8,10H,9H2,1-2H3,(H,16,17). The van der Waals surface area contributed by atoms with Crippen molar-refractivity contribution in [3.63, 3.8) is 0 Å². The predicted octanol–water partition coefficient (Wildman–Crippen LogP) is 3.41. The number of hydrogen-bond acceptors (Lipinski definition) is 3. The van der Waals surface area contributed by atoms with Gasteiger partial charge in [0.05, 0.1) is 16.6 Å². The highest BCUT2D eigenvalue weighted by molar-refractivity contribution is 7.84. The minimum absolute atomic E-state index is 0.190. The minimum Gasteiger partial charge on any atom is -0.475 e. The van der Waals surface area contributed by atoms with E-state index in [1.54, 1.807) is 0 Å². The Morgan fingerprint density at radius 3 is 2.35 bits per heavy atom. The first kappa shape index (κ1) is 14.5. The lowest BCUT2D eigenvalue weighted by molar-refractivity contribution is 0.0656. The van der Waals surface area contributed by atoms with Gasteiger partial charge in [0, 0.05) is 0 Å². The molecule has 1 aromatic carbocycles. The molecule has 0 aliphatic carbocycles. The number of benzene rings is 1. The van der Waals surface area contributed by atoms with Crippen LogP contribution in [0.5, 0.6) is 0 Å². The summed E-state index contributed by atoms with van der Waals surface area (Å²) in [5, 5.41) is 8.95. The van der Waals surface area contributed by atoms with Crippen molar-refractivity contribution in [1.29, 1.82) is 0 Å². The zero-order valence-corrected chi connectivity index (χ0v) is 12.1. The number of furan rings is 1. The molecule has 1 N–H and O–H groups in total. The highest BCUT2D eigenvalue weighted by Crippen LogP contribution is 2.18. The topological polar surface area (TPSA) is 67.5 Å². The third kappa shape index (κ3) is 3.36. The Bertz CT molecular complexity index is 626. The fraction of sp³-hybridized carbons (Fsp3) is 0.267. The Labute approximate surface area is 119 Å². The number of carboxylic acid groups (broad SMARTS) is 1. The second-order valence-electron chi connectivity index (χ2n) is 4.81. The molecule has 1 heterocycles. The summed E-state index contributed by atoms with van der Waals surface area (Å²) in [6.45, 7) is 4.23. The summed E-state index contributed by atoms with van der Waals surface area (Å²) in [5.74, 6) is -0.582. The molecule has 1 aromatic heterocycles. The van der Waals surface area contributed by atoms with E-state index in [1.807, 2.05) is 24.3 Å². The van der Waals surface area contributed by atoms with Crippen molar-refractivity contribution in [2.75, 3.05) is 0 Å². The van der Waals surface area contributed by atoms with E-state index in [0.717, 1.165) is 5.56 Å². The van der Waals surface area contributed by atoms with Crippen LogP contribution in [0.3, 0.4) is 0 Å². The molecule has 0 bridgehead atoms. The van der Waals surface area contributed by atoms with Gasteiger partial charge in [0.15, 0.2) is 5.09 Å². The van der Waals surface area contributed by atoms with Crippen molar-refractivity contribution < 1.29 is 18.5 Å². The number of carboxylic acids is 1. The predicted molar refractivity (Wildman–Crippen MR) is 76.3 cm³/mol. The second-order valence-corrected chi connectivity index (χ2v) is 6.19. The third-order valence-corrected chi connectivity index (χ3v) is 4.22. The average molecular weight is 292 g/mol. The molecule has 0 saturated heterocycles. The summed E-state index contributed by atoms with van der Waals surface area (Å²) in [4.78, 5) is 10.7. The molecule has 1 unspecified atom stereocenters. The first-order chi connectivity index (χ1) is 9.47. The van der Waals surface area contributed by atoms with Gasteiger partial charge in [0.2, 0.25) is 5.76 Å². The fourth-order valence-corrected chi connectivity index (χ4v) is 2.82. The maximum atomic E-state index is 12.1. The van der Waals surface area contributed by atoms with Gasteiger partial charge in [-0.2, -0.15) is 0 Å². The molecule has 5 heteroatoms. The van der Waals surface area contributed by atoms with Gasteiger partial charge in [-0.3, -0.25) is 4.21 Å². The summed E-state index contributed by atoms with van der Waals surface area (Å²) in [6.07, 6.45) is 0. The van der Waals surface area contributed by atoms with E-state index in [-0.39, 0.29) is 10.9 Å². The van der Waals surface area contributed by atoms with E-state index in [2.05, 4.69) is 13.8 Å². The van der Waals surface area contributed by atoms with Gasteiger partial charge in [-0.1, -0.05) is 38.1 Å². The molecule has 0 saturated carbocycles. The minimum atomic E-state index is -1.38. The van der Waals surface area contributed by atoms with Crippen LogP contribution in [0.1, 0.15) is 41.4 Å². The number of hydrogen-bond donors (Lipinski definition) is 1. The fourth-order valence-electron chi connectivity index (χ4n) is 1.78. The van der Waals surface area contributed by atoms with Gasteiger partial charge in [0.1, 0.15) is 0 Å². The van der Waals surface area contributed by atoms with E-state index in [1.165, 1.54) is 17.7 Å². The van der Waals surface area contributed by atoms with Crippen molar-refractivity contribution in [2.24, 2.45) is 0 Å². The van der Waals surface area contributed by atoms with Crippen LogP contribution in [0.2, 0.25) is 0 Å². The molecule has 0 radical (unpaired) electrons. The lowest BCUT2D eigenvalue weighted by Gasteiger charge is -2.06. The summed E-state index contributed by atoms with van der Waals surface area (Å²) in [7, 11) is -1.38. The van der Waals surface area contributed by atoms with Crippen LogP contribution >= 0.6 is 0 Å². The monoisotopic (exact) mass is 292 g/mol. The molecule has 1 atom stereocenters. The molecular formula is C15H16O4S. The first-order valence-electron chi connectivity index (χ1n) is 6.27. The first-order valence-corrected chi connectivity index (χ1v) is 7.59. The Morgan fingerprint density at radius 2 is 1.85 bits per heavy atom. The largest absolute Gasteiger partial charge is 0.475 e. The molecule has 2 aromatic rings. The van der Waals surface area contributed by atoms with E-state index in [0.29, 0.717) is 11.7 Å². The van der Waals surface area contributed by atoms with E-state index in [4.69, 9.17) is 9.52 Å². The van der Waals surface area contributed by atoms with Gasteiger partial charge in [-0.05, 0) is 29.2 Å². The van der Waals surface area contributed by atoms with Crippen LogP contribution in [-0.2, 0) is 16.6 Å². The molecule has 0 spiro atoms. The average Bonchev–Trinajstić information content (AvgIpc) is 2.89. The lowest BCUT2D eigenvalue weighted by Crippen LogP contribution is -1.97. The van der Waals surface area contributed by atoms with Crippen molar-refractivity contribution in [3.8, 4) is 0 Å². The third-order valence-electron chi connectivity index (χ3n) is 2.96. The van der Waals surface area contributed by atoms with Crippen LogP contribution in [-0.4, -0.2) is 15.3 Å². The molecule has 0 amide bonds. The van der Waals surface area contributed by atoms with Gasteiger partial charge in [-0.15, -0.1) is 0 Å². The summed E-state index contributed by atoms with van der Waals surface area (Å²) in [6, 6.07) is 10.7. The lowest BCUT2D eigenvalue weighted by atomic mass is 10.0. The summed E-state index contributed by atoms with van der Waals surface area (Å²) >= 11 is 0. The molecule has 4 nitrogen and oxygen atoms in total. The second kappa shape index (κ2) is 6.05. The molecule has 0 aliphatic heterocycles. The smallest absolute Gasteiger partial charge is 0.371 e. The Kier molecular flexibility index (Phi) is 4.39. The quantitative estimate of drug-likeness (QED) is 0.917. The van der Waals surface area contributed by atoms with Crippen LogP contribution in [0.25, 0.3) is 0 Å². The highest BCUT2D eigenvalue weighted by Gasteiger charge is 2.14. The number of carbonyl (C=O) groups is 1. The Balaban J connectivity index is 2.08. The molecular weight excluding hydrogens is 276 g/mol. The molecule has 106 valence electrons. The Hall–Kier alpha value is -1.88. The van der Waals surface area contributed by atoms with Gasteiger partial charge in [0.25, 0.3) is 0 Å². The zero-order valence-electron chi connectivity index (χ0n) is 11.3. The highest BCUT2D eigenvalue weighted by atomic mass is 32.2. The van der Waals surface area contributed by atoms with E-state index < -0.39 is 16.8 Å². The Morgan fingerprint density at radius 1 is 1.20 bits per heavy atom. The normalized spacial score (nSPS) is 12.6. The van der Waals surface area contributed by atoms with Crippen LogP contribution in [0.4, 0.5) is 0 Å². The maximum absolute atomic E-state index is 12.1. The van der Waals surface area contributed by atoms with Gasteiger partial charge < -0.3 is 9.52 Å². The summed E-state index contributed by atoms with van der Waals surface area (Å²) < 4.78 is 17.1. The van der Waals surface area contributed by atoms with Crippen molar-refractivity contribution >= 4 is 16.8 Å². The van der Waals surface area contributed by atoms with E-state index in [9.17, 15) is 9.00 Å². The van der Waals surface area contributed by atoms with Crippen molar-refractivity contribution in [3.05, 3.63) is 53.3 Å². The molecule has 2 rings (SSSR count). The SMILES string of the molecule is CC(C)c1ccc(CS(=O)c2ccc(C(=O)O)o2)cc1. The van der Waals surface area contributed by atoms with Crippen LogP contribution < -0.4 is 0 Å². The molecule has 0 aliphatic rings. The number of rotatable bonds is 5. The van der Waals surface area contributed by atoms with Crippen molar-refractivity contribution in [1.82, 2.24) is 0 Å². The zero-order chi connectivity index (χ0) is 14.7. The van der Waals surface area contributed by atoms with Gasteiger partial charge >= 0.3 is 5.97 Å². The number of aromatic carboxylic acids is 1. The van der Waals surface area contributed by atoms with Crippen LogP contribution in [0, 0.1) is 0 Å². The summed E-state index contributed by atoms with van der Waals surface area (Å²) in [5.41, 5.74) is 2.16. The van der Waals surface area contributed by atoms with E-state index >= 15 is 0 Å². The molecule has 0 fully saturated rings.